The molecule has 4 heteroatoms. The minimum absolute atomic E-state index is 0.333. The number of primary amides is 1. The van der Waals surface area contributed by atoms with Crippen molar-refractivity contribution in [2.24, 2.45) is 5.73 Å². The summed E-state index contributed by atoms with van der Waals surface area (Å²) in [6.07, 6.45) is 2.82. The highest BCUT2D eigenvalue weighted by Gasteiger charge is 1.97. The van der Waals surface area contributed by atoms with Crippen LogP contribution in [0.4, 0.5) is 0 Å². The van der Waals surface area contributed by atoms with Gasteiger partial charge in [-0.1, -0.05) is 11.5 Å². The summed E-state index contributed by atoms with van der Waals surface area (Å²) in [5, 5.41) is 0. The third kappa shape index (κ3) is 1.34. The Labute approximate surface area is 59.7 Å². The average Bonchev–Trinajstić information content (AvgIpc) is 1.88. The van der Waals surface area contributed by atoms with Crippen LogP contribution in [0.1, 0.15) is 10.4 Å². The van der Waals surface area contributed by atoms with Crippen molar-refractivity contribution in [3.05, 3.63) is 24.0 Å². The predicted molar refractivity (Wildman–Crippen MR) is 38.1 cm³/mol. The van der Waals surface area contributed by atoms with Crippen LogP contribution in [0.25, 0.3) is 0 Å². The topological polar surface area (TPSA) is 56.0 Å². The van der Waals surface area contributed by atoms with Crippen molar-refractivity contribution in [3.8, 4) is 0 Å². The summed E-state index contributed by atoms with van der Waals surface area (Å²) in [7, 11) is 5.33. The van der Waals surface area contributed by atoms with Crippen molar-refractivity contribution in [1.82, 2.24) is 4.98 Å². The Balaban J connectivity index is 3.07. The van der Waals surface area contributed by atoms with E-state index >= 15 is 0 Å². The second-order valence-electron chi connectivity index (χ2n) is 1.87. The minimum Gasteiger partial charge on any atom is -0.366 e. The van der Waals surface area contributed by atoms with Gasteiger partial charge in [0, 0.05) is 12.4 Å². The Bertz CT molecular complexity index is 262. The predicted octanol–water partition coefficient (Wildman–Crippen LogP) is -1.03. The lowest BCUT2D eigenvalue weighted by molar-refractivity contribution is 0.1000. The van der Waals surface area contributed by atoms with Gasteiger partial charge in [-0.2, -0.15) is 0 Å². The molecule has 1 aromatic heterocycles. The summed E-state index contributed by atoms with van der Waals surface area (Å²) < 4.78 is 0. The van der Waals surface area contributed by atoms with E-state index in [2.05, 4.69) is 4.98 Å². The molecule has 2 N–H and O–H groups in total. The molecular formula is C6H5BN2O. The van der Waals surface area contributed by atoms with Crippen molar-refractivity contribution in [1.29, 1.82) is 0 Å². The van der Waals surface area contributed by atoms with Crippen LogP contribution in [0.5, 0.6) is 0 Å². The molecule has 1 heterocycles. The van der Waals surface area contributed by atoms with Gasteiger partial charge in [-0.25, -0.2) is 0 Å². The van der Waals surface area contributed by atoms with Crippen molar-refractivity contribution in [3.63, 3.8) is 0 Å². The molecule has 0 aliphatic rings. The zero-order valence-electron chi connectivity index (χ0n) is 5.24. The highest BCUT2D eigenvalue weighted by Crippen LogP contribution is 1.89. The molecule has 0 bridgehead atoms. The Morgan fingerprint density at radius 2 is 2.30 bits per heavy atom. The average molecular weight is 132 g/mol. The summed E-state index contributed by atoms with van der Waals surface area (Å²) in [6, 6.07) is 1.48. The van der Waals surface area contributed by atoms with E-state index in [-0.39, 0.29) is 0 Å². The van der Waals surface area contributed by atoms with Crippen molar-refractivity contribution in [2.45, 2.75) is 0 Å². The molecular weight excluding hydrogens is 127 g/mol. The zero-order valence-corrected chi connectivity index (χ0v) is 5.24. The first-order valence-electron chi connectivity index (χ1n) is 2.70. The quantitative estimate of drug-likeness (QED) is 0.497. The third-order valence-electron chi connectivity index (χ3n) is 1.04. The molecule has 2 radical (unpaired) electrons. The lowest BCUT2D eigenvalue weighted by Crippen LogP contribution is -2.15. The Kier molecular flexibility index (Phi) is 1.71. The Morgan fingerprint density at radius 1 is 1.60 bits per heavy atom. The number of nitrogens with two attached hydrogens (primary N) is 1. The monoisotopic (exact) mass is 132 g/mol. The highest BCUT2D eigenvalue weighted by atomic mass is 16.1. The number of rotatable bonds is 1. The molecule has 1 rings (SSSR count). The Hall–Kier alpha value is -1.32. The second-order valence-corrected chi connectivity index (χ2v) is 1.87. The summed E-state index contributed by atoms with van der Waals surface area (Å²) in [5.41, 5.74) is 5.72. The van der Waals surface area contributed by atoms with Gasteiger partial charge in [0.15, 0.2) is 0 Å². The molecule has 10 heavy (non-hydrogen) atoms. The lowest BCUT2D eigenvalue weighted by atomic mass is 9.97. The molecule has 0 aromatic carbocycles. The fourth-order valence-electron chi connectivity index (χ4n) is 0.592. The van der Waals surface area contributed by atoms with Gasteiger partial charge >= 0.3 is 0 Å². The van der Waals surface area contributed by atoms with Gasteiger partial charge < -0.3 is 5.73 Å². The molecule has 0 atom stereocenters. The van der Waals surface area contributed by atoms with Gasteiger partial charge in [-0.05, 0) is 0 Å². The highest BCUT2D eigenvalue weighted by molar-refractivity contribution is 6.32. The summed E-state index contributed by atoms with van der Waals surface area (Å²) in [6.45, 7) is 0. The first kappa shape index (κ1) is 6.80. The molecule has 0 aliphatic carbocycles. The van der Waals surface area contributed by atoms with E-state index < -0.39 is 5.91 Å². The van der Waals surface area contributed by atoms with Gasteiger partial charge in [0.1, 0.15) is 7.85 Å². The number of nitrogens with zero attached hydrogens (tertiary/aromatic N) is 1. The van der Waals surface area contributed by atoms with Gasteiger partial charge in [0.25, 0.3) is 0 Å². The van der Waals surface area contributed by atoms with E-state index in [9.17, 15) is 4.79 Å². The van der Waals surface area contributed by atoms with E-state index in [0.29, 0.717) is 11.0 Å². The van der Waals surface area contributed by atoms with Crippen molar-refractivity contribution in [2.75, 3.05) is 0 Å². The molecule has 1 amide bonds. The van der Waals surface area contributed by atoms with Crippen molar-refractivity contribution < 1.29 is 4.79 Å². The second kappa shape index (κ2) is 2.52. The SMILES string of the molecule is [B]c1cncc(C(N)=O)c1. The van der Waals surface area contributed by atoms with E-state index in [1.807, 2.05) is 0 Å². The smallest absolute Gasteiger partial charge is 0.250 e. The van der Waals surface area contributed by atoms with Crippen LogP contribution in [0, 0.1) is 0 Å². The molecule has 0 aliphatic heterocycles. The Morgan fingerprint density at radius 3 is 2.70 bits per heavy atom. The molecule has 0 saturated heterocycles. The maximum atomic E-state index is 10.5. The molecule has 0 unspecified atom stereocenters. The number of pyridine rings is 1. The number of aromatic nitrogens is 1. The first-order chi connectivity index (χ1) is 4.70. The molecule has 0 fully saturated rings. The maximum absolute atomic E-state index is 10.5. The maximum Gasteiger partial charge on any atom is 0.250 e. The number of carbonyl (C=O) groups excluding carboxylic acids is 1. The van der Waals surface area contributed by atoms with Crippen LogP contribution in [-0.2, 0) is 0 Å². The number of hydrogen-bond acceptors (Lipinski definition) is 2. The summed E-state index contributed by atoms with van der Waals surface area (Å²) in [5.74, 6) is -0.514. The summed E-state index contributed by atoms with van der Waals surface area (Å²) >= 11 is 0. The van der Waals surface area contributed by atoms with Crippen LogP contribution in [0.2, 0.25) is 0 Å². The fraction of sp³-hybridized carbons (Fsp3) is 0. The lowest BCUT2D eigenvalue weighted by Gasteiger charge is -1.94. The van der Waals surface area contributed by atoms with E-state index in [1.54, 1.807) is 0 Å². The van der Waals surface area contributed by atoms with Crippen LogP contribution >= 0.6 is 0 Å². The van der Waals surface area contributed by atoms with Gasteiger partial charge in [-0.15, -0.1) is 0 Å². The first-order valence-corrected chi connectivity index (χ1v) is 2.70. The van der Waals surface area contributed by atoms with Crippen molar-refractivity contribution >= 4 is 19.2 Å². The van der Waals surface area contributed by atoms with Crippen LogP contribution in [-0.4, -0.2) is 18.7 Å². The standard InChI is InChI=1S/C6H5BN2O/c7-5-1-4(6(8)10)2-9-3-5/h1-3H,(H2,8,10). The van der Waals surface area contributed by atoms with Gasteiger partial charge in [0.05, 0.1) is 5.56 Å². The van der Waals surface area contributed by atoms with Crippen LogP contribution in [0.15, 0.2) is 18.5 Å². The van der Waals surface area contributed by atoms with Gasteiger partial charge in [-0.3, -0.25) is 9.78 Å². The molecule has 1 aromatic rings. The van der Waals surface area contributed by atoms with Gasteiger partial charge in [0.2, 0.25) is 5.91 Å². The fourth-order valence-corrected chi connectivity index (χ4v) is 0.592. The molecule has 0 spiro atoms. The van der Waals surface area contributed by atoms with E-state index in [1.165, 1.54) is 18.5 Å². The molecule has 3 nitrogen and oxygen atoms in total. The largest absolute Gasteiger partial charge is 0.366 e. The minimum atomic E-state index is -0.514. The summed E-state index contributed by atoms with van der Waals surface area (Å²) in [4.78, 5) is 14.2. The van der Waals surface area contributed by atoms with Crippen LogP contribution in [0.3, 0.4) is 0 Å². The normalized spacial score (nSPS) is 9.20. The van der Waals surface area contributed by atoms with E-state index in [0.717, 1.165) is 0 Å². The number of hydrogen-bond donors (Lipinski definition) is 1. The number of amides is 1. The van der Waals surface area contributed by atoms with E-state index in [4.69, 9.17) is 13.6 Å². The van der Waals surface area contributed by atoms with Crippen LogP contribution < -0.4 is 11.2 Å². The third-order valence-corrected chi connectivity index (χ3v) is 1.04. The zero-order chi connectivity index (χ0) is 7.56. The number of carbonyl (C=O) groups is 1. The molecule has 0 saturated carbocycles. The molecule has 48 valence electrons.